The first-order valence-corrected chi connectivity index (χ1v) is 11.9. The van der Waals surface area contributed by atoms with Crippen LogP contribution in [-0.2, 0) is 14.3 Å². The molecule has 0 aliphatic heterocycles. The second-order valence-electron chi connectivity index (χ2n) is 7.82. The Balaban J connectivity index is 3.23. The highest BCUT2D eigenvalue weighted by Crippen LogP contribution is 2.10. The minimum absolute atomic E-state index is 0.110. The zero-order valence-corrected chi connectivity index (χ0v) is 18.8. The molecule has 0 aromatic carbocycles. The van der Waals surface area contributed by atoms with E-state index in [4.69, 9.17) is 19.7 Å². The van der Waals surface area contributed by atoms with Crippen LogP contribution in [0.3, 0.4) is 0 Å². The van der Waals surface area contributed by atoms with Gasteiger partial charge in [-0.25, -0.2) is 0 Å². The van der Waals surface area contributed by atoms with Crippen molar-refractivity contribution < 1.29 is 24.5 Å². The maximum absolute atomic E-state index is 11.6. The number of aliphatic hydroxyl groups is 2. The van der Waals surface area contributed by atoms with E-state index in [-0.39, 0.29) is 19.2 Å². The standard InChI is InChI=1S/C24H46O5/c1-2-3-4-5-6-7-8-9-10-11-12-13-14-15-16-18-24(27)29-20-17-19-28-22-23(26)21-25/h9-10,23,25-26H,2-8,11-22H2,1H3/b10-9-. The highest BCUT2D eigenvalue weighted by Gasteiger charge is 2.04. The summed E-state index contributed by atoms with van der Waals surface area (Å²) in [4.78, 5) is 11.6. The van der Waals surface area contributed by atoms with E-state index < -0.39 is 6.10 Å². The van der Waals surface area contributed by atoms with Crippen molar-refractivity contribution in [3.63, 3.8) is 0 Å². The normalized spacial score (nSPS) is 12.5. The summed E-state index contributed by atoms with van der Waals surface area (Å²) in [6, 6.07) is 0. The number of hydrogen-bond donors (Lipinski definition) is 2. The molecule has 1 atom stereocenters. The van der Waals surface area contributed by atoms with E-state index in [9.17, 15) is 4.79 Å². The molecule has 0 rings (SSSR count). The summed E-state index contributed by atoms with van der Waals surface area (Å²) in [6.45, 7) is 2.83. The molecule has 0 aromatic rings. The summed E-state index contributed by atoms with van der Waals surface area (Å²) in [6.07, 6.45) is 21.1. The summed E-state index contributed by atoms with van der Waals surface area (Å²) in [5, 5.41) is 17.7. The van der Waals surface area contributed by atoms with Gasteiger partial charge in [0, 0.05) is 19.4 Å². The fraction of sp³-hybridized carbons (Fsp3) is 0.875. The molecular weight excluding hydrogens is 368 g/mol. The predicted octanol–water partition coefficient (Wildman–Crippen LogP) is 5.33. The molecule has 1 unspecified atom stereocenters. The number of hydrogen-bond acceptors (Lipinski definition) is 5. The van der Waals surface area contributed by atoms with Crippen LogP contribution >= 0.6 is 0 Å². The first kappa shape index (κ1) is 28.1. The second kappa shape index (κ2) is 23.4. The zero-order valence-electron chi connectivity index (χ0n) is 18.8. The molecule has 29 heavy (non-hydrogen) atoms. The third-order valence-electron chi connectivity index (χ3n) is 4.86. The van der Waals surface area contributed by atoms with E-state index in [0.717, 1.165) is 12.8 Å². The van der Waals surface area contributed by atoms with Crippen molar-refractivity contribution in [2.24, 2.45) is 0 Å². The summed E-state index contributed by atoms with van der Waals surface area (Å²) < 4.78 is 10.3. The SMILES string of the molecule is CCCCCCCC/C=C\CCCCCCCC(=O)OCCCOCC(O)CO. The Labute approximate surface area is 178 Å². The van der Waals surface area contributed by atoms with Gasteiger partial charge in [0.15, 0.2) is 0 Å². The van der Waals surface area contributed by atoms with E-state index in [2.05, 4.69) is 19.1 Å². The summed E-state index contributed by atoms with van der Waals surface area (Å²) in [7, 11) is 0. The van der Waals surface area contributed by atoms with E-state index in [0.29, 0.717) is 26.1 Å². The van der Waals surface area contributed by atoms with Crippen LogP contribution in [0.1, 0.15) is 103 Å². The van der Waals surface area contributed by atoms with Crippen molar-refractivity contribution in [3.8, 4) is 0 Å². The summed E-state index contributed by atoms with van der Waals surface area (Å²) in [5.41, 5.74) is 0. The van der Waals surface area contributed by atoms with Gasteiger partial charge in [-0.15, -0.1) is 0 Å². The van der Waals surface area contributed by atoms with Crippen molar-refractivity contribution in [1.29, 1.82) is 0 Å². The van der Waals surface area contributed by atoms with Gasteiger partial charge in [0.1, 0.15) is 6.10 Å². The minimum Gasteiger partial charge on any atom is -0.466 e. The molecule has 0 saturated carbocycles. The molecule has 0 aliphatic carbocycles. The molecule has 0 fully saturated rings. The highest BCUT2D eigenvalue weighted by molar-refractivity contribution is 5.69. The lowest BCUT2D eigenvalue weighted by Gasteiger charge is -2.08. The maximum Gasteiger partial charge on any atom is 0.305 e. The third kappa shape index (κ3) is 23.2. The number of allylic oxidation sites excluding steroid dienone is 2. The topological polar surface area (TPSA) is 76.0 Å². The maximum atomic E-state index is 11.6. The van der Waals surface area contributed by atoms with Crippen LogP contribution < -0.4 is 0 Å². The van der Waals surface area contributed by atoms with Crippen LogP contribution in [0.4, 0.5) is 0 Å². The smallest absolute Gasteiger partial charge is 0.305 e. The van der Waals surface area contributed by atoms with Gasteiger partial charge in [-0.1, -0.05) is 70.4 Å². The van der Waals surface area contributed by atoms with Crippen LogP contribution in [0.5, 0.6) is 0 Å². The Kier molecular flexibility index (Phi) is 22.6. The molecule has 0 spiro atoms. The van der Waals surface area contributed by atoms with Gasteiger partial charge in [-0.05, 0) is 32.1 Å². The van der Waals surface area contributed by atoms with Gasteiger partial charge in [-0.3, -0.25) is 4.79 Å². The second-order valence-corrected chi connectivity index (χ2v) is 7.82. The van der Waals surface area contributed by atoms with Crippen LogP contribution in [0, 0.1) is 0 Å². The predicted molar refractivity (Wildman–Crippen MR) is 119 cm³/mol. The number of ether oxygens (including phenoxy) is 2. The number of aliphatic hydroxyl groups excluding tert-OH is 2. The Bertz CT molecular complexity index is 370. The molecule has 5 nitrogen and oxygen atoms in total. The summed E-state index contributed by atoms with van der Waals surface area (Å²) in [5.74, 6) is -0.141. The van der Waals surface area contributed by atoms with Gasteiger partial charge in [-0.2, -0.15) is 0 Å². The van der Waals surface area contributed by atoms with E-state index in [1.54, 1.807) is 0 Å². The summed E-state index contributed by atoms with van der Waals surface area (Å²) >= 11 is 0. The lowest BCUT2D eigenvalue weighted by Crippen LogP contribution is -2.20. The molecule has 172 valence electrons. The van der Waals surface area contributed by atoms with Gasteiger partial charge in [0.2, 0.25) is 0 Å². The van der Waals surface area contributed by atoms with Crippen molar-refractivity contribution in [3.05, 3.63) is 12.2 Å². The van der Waals surface area contributed by atoms with Gasteiger partial charge in [0.25, 0.3) is 0 Å². The van der Waals surface area contributed by atoms with E-state index in [1.807, 2.05) is 0 Å². The molecule has 5 heteroatoms. The molecule has 0 bridgehead atoms. The molecule has 0 amide bonds. The van der Waals surface area contributed by atoms with Gasteiger partial charge < -0.3 is 19.7 Å². The van der Waals surface area contributed by atoms with Gasteiger partial charge in [0.05, 0.1) is 19.8 Å². The van der Waals surface area contributed by atoms with Crippen molar-refractivity contribution in [2.45, 2.75) is 109 Å². The number of esters is 1. The largest absolute Gasteiger partial charge is 0.466 e. The Hall–Kier alpha value is -0.910. The minimum atomic E-state index is -0.835. The van der Waals surface area contributed by atoms with Gasteiger partial charge >= 0.3 is 5.97 Å². The molecule has 0 saturated heterocycles. The molecule has 0 heterocycles. The average Bonchev–Trinajstić information content (AvgIpc) is 2.73. The van der Waals surface area contributed by atoms with Crippen molar-refractivity contribution >= 4 is 5.97 Å². The van der Waals surface area contributed by atoms with Crippen LogP contribution in [-0.4, -0.2) is 48.7 Å². The number of carbonyl (C=O) groups excluding carboxylic acids is 1. The average molecular weight is 415 g/mol. The Morgan fingerprint density at radius 2 is 1.41 bits per heavy atom. The number of carbonyl (C=O) groups is 1. The molecule has 0 radical (unpaired) electrons. The fourth-order valence-electron chi connectivity index (χ4n) is 3.03. The lowest BCUT2D eigenvalue weighted by atomic mass is 10.1. The van der Waals surface area contributed by atoms with Crippen LogP contribution in [0.25, 0.3) is 0 Å². The molecule has 0 aromatic heterocycles. The lowest BCUT2D eigenvalue weighted by molar-refractivity contribution is -0.144. The monoisotopic (exact) mass is 414 g/mol. The van der Waals surface area contributed by atoms with E-state index >= 15 is 0 Å². The Morgan fingerprint density at radius 3 is 2.03 bits per heavy atom. The first-order chi connectivity index (χ1) is 14.2. The zero-order chi connectivity index (χ0) is 21.4. The van der Waals surface area contributed by atoms with Crippen LogP contribution in [0.2, 0.25) is 0 Å². The first-order valence-electron chi connectivity index (χ1n) is 11.9. The van der Waals surface area contributed by atoms with Crippen molar-refractivity contribution in [2.75, 3.05) is 26.4 Å². The van der Waals surface area contributed by atoms with Crippen molar-refractivity contribution in [1.82, 2.24) is 0 Å². The quantitative estimate of drug-likeness (QED) is 0.142. The molecule has 2 N–H and O–H groups in total. The molecular formula is C24H46O5. The van der Waals surface area contributed by atoms with Crippen LogP contribution in [0.15, 0.2) is 12.2 Å². The third-order valence-corrected chi connectivity index (χ3v) is 4.86. The number of rotatable bonds is 22. The van der Waals surface area contributed by atoms with E-state index in [1.165, 1.54) is 70.6 Å². The number of unbranched alkanes of at least 4 members (excludes halogenated alkanes) is 11. The Morgan fingerprint density at radius 1 is 0.828 bits per heavy atom. The molecule has 0 aliphatic rings. The highest BCUT2D eigenvalue weighted by atomic mass is 16.5. The fourth-order valence-corrected chi connectivity index (χ4v) is 3.03.